The van der Waals surface area contributed by atoms with Crippen LogP contribution in [0.15, 0.2) is 16.6 Å². The van der Waals surface area contributed by atoms with Gasteiger partial charge in [0.1, 0.15) is 11.2 Å². The minimum absolute atomic E-state index is 0.0806. The van der Waals surface area contributed by atoms with Gasteiger partial charge in [-0.2, -0.15) is 5.26 Å². The molecule has 3 nitrogen and oxygen atoms in total. The van der Waals surface area contributed by atoms with Crippen molar-refractivity contribution in [3.63, 3.8) is 0 Å². The highest BCUT2D eigenvalue weighted by atomic mass is 79.9. The first-order valence-electron chi connectivity index (χ1n) is 4.65. The van der Waals surface area contributed by atoms with Gasteiger partial charge in [-0.25, -0.2) is 8.78 Å². The predicted octanol–water partition coefficient (Wildman–Crippen LogP) is 3.22. The van der Waals surface area contributed by atoms with E-state index in [-0.39, 0.29) is 10.2 Å². The van der Waals surface area contributed by atoms with Gasteiger partial charge in [0.25, 0.3) is 0 Å². The topological polar surface area (TPSA) is 52.9 Å². The van der Waals surface area contributed by atoms with Crippen LogP contribution in [0, 0.1) is 28.4 Å². The van der Waals surface area contributed by atoms with Crippen LogP contribution in [0.3, 0.4) is 0 Å². The van der Waals surface area contributed by atoms with E-state index in [4.69, 9.17) is 5.26 Å². The molecule has 1 aromatic carbocycles. The summed E-state index contributed by atoms with van der Waals surface area (Å²) in [6, 6.07) is 3.47. The van der Waals surface area contributed by atoms with Gasteiger partial charge in [0.2, 0.25) is 5.91 Å². The molecule has 0 fully saturated rings. The van der Waals surface area contributed by atoms with Gasteiger partial charge < -0.3 is 5.32 Å². The van der Waals surface area contributed by atoms with Crippen molar-refractivity contribution in [1.29, 1.82) is 5.26 Å². The van der Waals surface area contributed by atoms with Crippen LogP contribution in [0.5, 0.6) is 0 Å². The van der Waals surface area contributed by atoms with Gasteiger partial charge in [0, 0.05) is 10.5 Å². The van der Waals surface area contributed by atoms with Crippen molar-refractivity contribution in [3.8, 4) is 6.07 Å². The van der Waals surface area contributed by atoms with Crippen molar-refractivity contribution in [1.82, 2.24) is 0 Å². The van der Waals surface area contributed by atoms with Crippen molar-refractivity contribution in [2.45, 2.75) is 13.8 Å². The van der Waals surface area contributed by atoms with Crippen LogP contribution < -0.4 is 5.32 Å². The Morgan fingerprint density at radius 3 is 2.53 bits per heavy atom. The molecule has 6 heteroatoms. The highest BCUT2D eigenvalue weighted by molar-refractivity contribution is 9.10. The second kappa shape index (κ2) is 4.80. The van der Waals surface area contributed by atoms with Crippen molar-refractivity contribution < 1.29 is 13.6 Å². The molecule has 0 spiro atoms. The Balaban J connectivity index is 3.06. The molecule has 0 aromatic heterocycles. The van der Waals surface area contributed by atoms with Crippen molar-refractivity contribution in [2.24, 2.45) is 5.41 Å². The van der Waals surface area contributed by atoms with Gasteiger partial charge in [0.15, 0.2) is 5.82 Å². The van der Waals surface area contributed by atoms with Crippen LogP contribution >= 0.6 is 15.9 Å². The molecule has 0 saturated carbocycles. The lowest BCUT2D eigenvalue weighted by atomic mass is 9.94. The zero-order valence-electron chi connectivity index (χ0n) is 9.14. The van der Waals surface area contributed by atoms with E-state index in [9.17, 15) is 13.6 Å². The normalized spacial score (nSPS) is 10.8. The molecule has 1 N–H and O–H groups in total. The van der Waals surface area contributed by atoms with Gasteiger partial charge in [0.05, 0.1) is 11.8 Å². The Morgan fingerprint density at radius 2 is 2.06 bits per heavy atom. The van der Waals surface area contributed by atoms with E-state index in [2.05, 4.69) is 21.2 Å². The van der Waals surface area contributed by atoms with Gasteiger partial charge in [-0.3, -0.25) is 4.79 Å². The second-order valence-electron chi connectivity index (χ2n) is 3.94. The summed E-state index contributed by atoms with van der Waals surface area (Å²) in [7, 11) is 0. The van der Waals surface area contributed by atoms with Crippen LogP contribution in [0.4, 0.5) is 14.5 Å². The fourth-order valence-corrected chi connectivity index (χ4v) is 1.49. The molecule has 1 aromatic rings. The van der Waals surface area contributed by atoms with Crippen LogP contribution in [0.2, 0.25) is 0 Å². The number of nitrogens with one attached hydrogen (secondary N) is 1. The molecule has 0 radical (unpaired) electrons. The van der Waals surface area contributed by atoms with E-state index in [0.29, 0.717) is 6.07 Å². The first-order valence-corrected chi connectivity index (χ1v) is 5.44. The summed E-state index contributed by atoms with van der Waals surface area (Å²) in [5.41, 5.74) is -1.47. The van der Waals surface area contributed by atoms with Crippen LogP contribution in [0.25, 0.3) is 0 Å². The molecule has 0 saturated heterocycles. The van der Waals surface area contributed by atoms with E-state index in [1.165, 1.54) is 13.8 Å². The molecule has 0 aliphatic rings. The number of hydrogen-bond acceptors (Lipinski definition) is 2. The molecule has 0 atom stereocenters. The maximum absolute atomic E-state index is 13.4. The third kappa shape index (κ3) is 3.01. The number of nitriles is 1. The number of nitrogens with zero attached hydrogens (tertiary/aromatic N) is 1. The molecule has 0 bridgehead atoms. The molecule has 1 rings (SSSR count). The van der Waals surface area contributed by atoms with E-state index < -0.39 is 23.0 Å². The van der Waals surface area contributed by atoms with Crippen LogP contribution in [-0.4, -0.2) is 5.91 Å². The largest absolute Gasteiger partial charge is 0.321 e. The lowest BCUT2D eigenvalue weighted by Gasteiger charge is -2.16. The molecule has 0 aliphatic carbocycles. The number of halogens is 3. The zero-order valence-corrected chi connectivity index (χ0v) is 10.7. The average Bonchev–Trinajstić information content (AvgIpc) is 2.22. The first kappa shape index (κ1) is 13.6. The van der Waals surface area contributed by atoms with Crippen molar-refractivity contribution in [2.75, 3.05) is 5.32 Å². The predicted molar refractivity (Wildman–Crippen MR) is 62.1 cm³/mol. The standard InChI is InChI=1S/C11H9BrF2N2O/c1-11(2,5-15)10(17)16-9-7(12)3-6(13)4-8(9)14/h3-4H,1-2H3,(H,16,17). The SMILES string of the molecule is CC(C)(C#N)C(=O)Nc1c(F)cc(F)cc1Br. The van der Waals surface area contributed by atoms with E-state index in [1.54, 1.807) is 6.07 Å². The summed E-state index contributed by atoms with van der Waals surface area (Å²) in [5.74, 6) is -2.32. The van der Waals surface area contributed by atoms with Gasteiger partial charge >= 0.3 is 0 Å². The summed E-state index contributed by atoms with van der Waals surface area (Å²) in [5, 5.41) is 11.0. The Hall–Kier alpha value is -1.48. The molecule has 0 heterocycles. The fraction of sp³-hybridized carbons (Fsp3) is 0.273. The number of hydrogen-bond donors (Lipinski definition) is 1. The third-order valence-electron chi connectivity index (χ3n) is 2.09. The minimum atomic E-state index is -1.29. The minimum Gasteiger partial charge on any atom is -0.321 e. The second-order valence-corrected chi connectivity index (χ2v) is 4.79. The Morgan fingerprint density at radius 1 is 1.47 bits per heavy atom. The van der Waals surface area contributed by atoms with Gasteiger partial charge in [-0.15, -0.1) is 0 Å². The highest BCUT2D eigenvalue weighted by Gasteiger charge is 2.28. The van der Waals surface area contributed by atoms with E-state index >= 15 is 0 Å². The van der Waals surface area contributed by atoms with Gasteiger partial charge in [-0.1, -0.05) is 0 Å². The molecular weight excluding hydrogens is 294 g/mol. The lowest BCUT2D eigenvalue weighted by molar-refractivity contribution is -0.121. The van der Waals surface area contributed by atoms with E-state index in [1.807, 2.05) is 0 Å². The molecule has 90 valence electrons. The molecule has 0 unspecified atom stereocenters. The van der Waals surface area contributed by atoms with Crippen LogP contribution in [-0.2, 0) is 4.79 Å². The first-order chi connectivity index (χ1) is 7.77. The maximum atomic E-state index is 13.4. The van der Waals surface area contributed by atoms with Gasteiger partial charge in [-0.05, 0) is 35.8 Å². The zero-order chi connectivity index (χ0) is 13.2. The average molecular weight is 303 g/mol. The number of anilines is 1. The third-order valence-corrected chi connectivity index (χ3v) is 2.72. The van der Waals surface area contributed by atoms with Crippen molar-refractivity contribution >= 4 is 27.5 Å². The highest BCUT2D eigenvalue weighted by Crippen LogP contribution is 2.28. The quantitative estimate of drug-likeness (QED) is 0.912. The summed E-state index contributed by atoms with van der Waals surface area (Å²) in [4.78, 5) is 11.6. The Bertz CT molecular complexity index is 486. The summed E-state index contributed by atoms with van der Waals surface area (Å²) >= 11 is 2.94. The molecular formula is C11H9BrF2N2O. The maximum Gasteiger partial charge on any atom is 0.244 e. The number of benzene rings is 1. The van der Waals surface area contributed by atoms with E-state index in [0.717, 1.165) is 6.07 Å². The molecule has 1 amide bonds. The number of carbonyl (C=O) groups excluding carboxylic acids is 1. The van der Waals surface area contributed by atoms with Crippen LogP contribution in [0.1, 0.15) is 13.8 Å². The molecule has 17 heavy (non-hydrogen) atoms. The summed E-state index contributed by atoms with van der Waals surface area (Å²) in [6.07, 6.45) is 0. The Labute approximate surface area is 106 Å². The van der Waals surface area contributed by atoms with Crippen molar-refractivity contribution in [3.05, 3.63) is 28.2 Å². The number of amides is 1. The fourth-order valence-electron chi connectivity index (χ4n) is 0.982. The summed E-state index contributed by atoms with van der Waals surface area (Å²) < 4.78 is 26.3. The molecule has 0 aliphatic heterocycles. The number of rotatable bonds is 2. The Kier molecular flexibility index (Phi) is 3.83. The number of carbonyl (C=O) groups is 1. The smallest absolute Gasteiger partial charge is 0.244 e. The monoisotopic (exact) mass is 302 g/mol. The lowest BCUT2D eigenvalue weighted by Crippen LogP contribution is -2.29. The summed E-state index contributed by atoms with van der Waals surface area (Å²) in [6.45, 7) is 2.80.